The Morgan fingerprint density at radius 1 is 1.20 bits per heavy atom. The zero-order chi connectivity index (χ0) is 18.2. The second-order valence-corrected chi connectivity index (χ2v) is 6.71. The summed E-state index contributed by atoms with van der Waals surface area (Å²) in [6.45, 7) is 6.38. The van der Waals surface area contributed by atoms with Crippen LogP contribution in [0.3, 0.4) is 0 Å². The van der Waals surface area contributed by atoms with Crippen molar-refractivity contribution in [3.8, 4) is 5.75 Å². The van der Waals surface area contributed by atoms with E-state index in [4.69, 9.17) is 9.47 Å². The van der Waals surface area contributed by atoms with Gasteiger partial charge in [-0.25, -0.2) is 0 Å². The van der Waals surface area contributed by atoms with Gasteiger partial charge in [-0.1, -0.05) is 26.0 Å². The molecule has 25 heavy (non-hydrogen) atoms. The Hall–Kier alpha value is -2.08. The third-order valence-electron chi connectivity index (χ3n) is 4.19. The molecule has 138 valence electrons. The monoisotopic (exact) mass is 348 g/mol. The second-order valence-electron chi connectivity index (χ2n) is 6.71. The van der Waals surface area contributed by atoms with Gasteiger partial charge in [-0.05, 0) is 30.0 Å². The molecule has 0 aromatic heterocycles. The first-order valence-corrected chi connectivity index (χ1v) is 8.78. The Balaban J connectivity index is 1.96. The van der Waals surface area contributed by atoms with Gasteiger partial charge < -0.3 is 19.7 Å². The number of morpholine rings is 1. The predicted octanol–water partition coefficient (Wildman–Crippen LogP) is 1.63. The Kier molecular flexibility index (Phi) is 7.25. The summed E-state index contributed by atoms with van der Waals surface area (Å²) in [5.41, 5.74) is 0.889. The number of ether oxygens (including phenoxy) is 2. The molecule has 2 amide bonds. The fraction of sp³-hybridized carbons (Fsp3) is 0.579. The van der Waals surface area contributed by atoms with Crippen molar-refractivity contribution >= 4 is 11.8 Å². The lowest BCUT2D eigenvalue weighted by Gasteiger charge is -2.31. The maximum absolute atomic E-state index is 12.7. The van der Waals surface area contributed by atoms with E-state index < -0.39 is 6.04 Å². The minimum atomic E-state index is -0.483. The van der Waals surface area contributed by atoms with Crippen LogP contribution in [0.2, 0.25) is 0 Å². The lowest BCUT2D eigenvalue weighted by molar-refractivity contribution is -0.140. The molecule has 0 radical (unpaired) electrons. The normalized spacial score (nSPS) is 15.8. The van der Waals surface area contributed by atoms with Crippen molar-refractivity contribution < 1.29 is 19.1 Å². The molecule has 6 heteroatoms. The molecule has 2 rings (SSSR count). The molecule has 1 aliphatic rings. The molecule has 0 saturated carbocycles. The highest BCUT2D eigenvalue weighted by Gasteiger charge is 2.27. The van der Waals surface area contributed by atoms with Crippen LogP contribution < -0.4 is 10.1 Å². The number of amides is 2. The van der Waals surface area contributed by atoms with E-state index in [0.717, 1.165) is 11.3 Å². The molecule has 0 spiro atoms. The van der Waals surface area contributed by atoms with Crippen LogP contribution >= 0.6 is 0 Å². The van der Waals surface area contributed by atoms with Crippen molar-refractivity contribution in [2.75, 3.05) is 33.4 Å². The van der Waals surface area contributed by atoms with Crippen molar-refractivity contribution in [3.05, 3.63) is 29.8 Å². The van der Waals surface area contributed by atoms with E-state index in [1.54, 1.807) is 12.0 Å². The molecule has 1 saturated heterocycles. The van der Waals surface area contributed by atoms with Gasteiger partial charge in [-0.15, -0.1) is 0 Å². The average molecular weight is 348 g/mol. The van der Waals surface area contributed by atoms with Gasteiger partial charge in [-0.3, -0.25) is 9.59 Å². The number of nitrogens with one attached hydrogen (secondary N) is 1. The largest absolute Gasteiger partial charge is 0.497 e. The first-order chi connectivity index (χ1) is 12.0. The highest BCUT2D eigenvalue weighted by atomic mass is 16.5. The summed E-state index contributed by atoms with van der Waals surface area (Å²) < 4.78 is 10.4. The number of carbonyl (C=O) groups is 2. The number of hydrogen-bond acceptors (Lipinski definition) is 4. The summed E-state index contributed by atoms with van der Waals surface area (Å²) in [4.78, 5) is 26.9. The van der Waals surface area contributed by atoms with Crippen LogP contribution in [0.5, 0.6) is 5.75 Å². The number of rotatable bonds is 7. The van der Waals surface area contributed by atoms with Crippen molar-refractivity contribution in [1.82, 2.24) is 10.2 Å². The number of methoxy groups -OCH3 is 1. The van der Waals surface area contributed by atoms with E-state index in [2.05, 4.69) is 19.2 Å². The van der Waals surface area contributed by atoms with Gasteiger partial charge in [0.15, 0.2) is 0 Å². The number of carbonyl (C=O) groups excluding carboxylic acids is 2. The molecule has 1 aromatic carbocycles. The van der Waals surface area contributed by atoms with E-state index >= 15 is 0 Å². The molecule has 1 atom stereocenters. The fourth-order valence-electron chi connectivity index (χ4n) is 2.87. The van der Waals surface area contributed by atoms with Gasteiger partial charge >= 0.3 is 0 Å². The molecule has 0 unspecified atom stereocenters. The third-order valence-corrected chi connectivity index (χ3v) is 4.19. The lowest BCUT2D eigenvalue weighted by Crippen LogP contribution is -2.52. The standard InChI is InChI=1S/C19H28N2O4/c1-14(2)12-17(19(23)21-8-10-25-11-9-21)20-18(22)13-15-4-6-16(24-3)7-5-15/h4-7,14,17H,8-13H2,1-3H3,(H,20,22)/t17-/m1/s1. The molecule has 1 N–H and O–H groups in total. The van der Waals surface area contributed by atoms with E-state index in [9.17, 15) is 9.59 Å². The summed E-state index contributed by atoms with van der Waals surface area (Å²) in [5, 5.41) is 2.92. The number of nitrogens with zero attached hydrogens (tertiary/aromatic N) is 1. The molecule has 1 fully saturated rings. The van der Waals surface area contributed by atoms with Crippen LogP contribution in [0.25, 0.3) is 0 Å². The van der Waals surface area contributed by atoms with Crippen LogP contribution in [-0.4, -0.2) is 56.2 Å². The molecular formula is C19H28N2O4. The highest BCUT2D eigenvalue weighted by Crippen LogP contribution is 2.13. The highest BCUT2D eigenvalue weighted by molar-refractivity contribution is 5.88. The molecule has 1 heterocycles. The molecule has 0 bridgehead atoms. The van der Waals surface area contributed by atoms with E-state index in [1.165, 1.54) is 0 Å². The zero-order valence-electron chi connectivity index (χ0n) is 15.3. The first kappa shape index (κ1) is 19.2. The van der Waals surface area contributed by atoms with Crippen molar-refractivity contribution in [2.45, 2.75) is 32.7 Å². The Bertz CT molecular complexity index is 565. The van der Waals surface area contributed by atoms with Crippen LogP contribution in [0.15, 0.2) is 24.3 Å². The summed E-state index contributed by atoms with van der Waals surface area (Å²) >= 11 is 0. The summed E-state index contributed by atoms with van der Waals surface area (Å²) in [7, 11) is 1.61. The molecule has 1 aliphatic heterocycles. The Labute approximate surface area is 149 Å². The quantitative estimate of drug-likeness (QED) is 0.813. The van der Waals surface area contributed by atoms with Gasteiger partial charge in [0, 0.05) is 13.1 Å². The summed E-state index contributed by atoms with van der Waals surface area (Å²) in [5.74, 6) is 0.915. The van der Waals surface area contributed by atoms with Gasteiger partial charge in [0.1, 0.15) is 11.8 Å². The van der Waals surface area contributed by atoms with E-state index in [-0.39, 0.29) is 18.2 Å². The van der Waals surface area contributed by atoms with Gasteiger partial charge in [-0.2, -0.15) is 0 Å². The first-order valence-electron chi connectivity index (χ1n) is 8.78. The van der Waals surface area contributed by atoms with Crippen molar-refractivity contribution in [2.24, 2.45) is 5.92 Å². The maximum atomic E-state index is 12.7. The van der Waals surface area contributed by atoms with Gasteiger partial charge in [0.05, 0.1) is 26.7 Å². The minimum Gasteiger partial charge on any atom is -0.497 e. The van der Waals surface area contributed by atoms with Crippen LogP contribution in [0, 0.1) is 5.92 Å². The summed E-state index contributed by atoms with van der Waals surface area (Å²) in [6.07, 6.45) is 0.875. The van der Waals surface area contributed by atoms with Crippen LogP contribution in [0.1, 0.15) is 25.8 Å². The topological polar surface area (TPSA) is 67.9 Å². The minimum absolute atomic E-state index is 0.0138. The van der Waals surface area contributed by atoms with Crippen molar-refractivity contribution in [3.63, 3.8) is 0 Å². The van der Waals surface area contributed by atoms with Crippen molar-refractivity contribution in [1.29, 1.82) is 0 Å². The fourth-order valence-corrected chi connectivity index (χ4v) is 2.87. The van der Waals surface area contributed by atoms with Crippen LogP contribution in [-0.2, 0) is 20.7 Å². The average Bonchev–Trinajstić information content (AvgIpc) is 2.61. The van der Waals surface area contributed by atoms with Gasteiger partial charge in [0.2, 0.25) is 11.8 Å². The van der Waals surface area contributed by atoms with E-state index in [1.807, 2.05) is 24.3 Å². The zero-order valence-corrected chi connectivity index (χ0v) is 15.3. The third kappa shape index (κ3) is 6.05. The Morgan fingerprint density at radius 3 is 2.40 bits per heavy atom. The molecule has 0 aliphatic carbocycles. The van der Waals surface area contributed by atoms with Gasteiger partial charge in [0.25, 0.3) is 0 Å². The number of hydrogen-bond donors (Lipinski definition) is 1. The SMILES string of the molecule is COc1ccc(CC(=O)N[C@H](CC(C)C)C(=O)N2CCOCC2)cc1. The number of benzene rings is 1. The predicted molar refractivity (Wildman–Crippen MR) is 95.5 cm³/mol. The van der Waals surface area contributed by atoms with E-state index in [0.29, 0.717) is 38.6 Å². The molecule has 6 nitrogen and oxygen atoms in total. The maximum Gasteiger partial charge on any atom is 0.245 e. The Morgan fingerprint density at radius 2 is 1.84 bits per heavy atom. The van der Waals surface area contributed by atoms with Crippen LogP contribution in [0.4, 0.5) is 0 Å². The smallest absolute Gasteiger partial charge is 0.245 e. The molecular weight excluding hydrogens is 320 g/mol. The second kappa shape index (κ2) is 9.42. The summed E-state index contributed by atoms with van der Waals surface area (Å²) in [6, 6.07) is 6.89. The lowest BCUT2D eigenvalue weighted by atomic mass is 10.0. The molecule has 1 aromatic rings.